The summed E-state index contributed by atoms with van der Waals surface area (Å²) in [6.07, 6.45) is 5.31. The van der Waals surface area contributed by atoms with Crippen LogP contribution in [0.1, 0.15) is 33.1 Å². The van der Waals surface area contributed by atoms with Gasteiger partial charge in [0, 0.05) is 25.2 Å². The molecule has 2 N–H and O–H groups in total. The molecule has 1 aliphatic carbocycles. The Morgan fingerprint density at radius 2 is 2.20 bits per heavy atom. The highest BCUT2D eigenvalue weighted by Crippen LogP contribution is 2.34. The van der Waals surface area contributed by atoms with E-state index in [0.29, 0.717) is 12.5 Å². The van der Waals surface area contributed by atoms with Crippen molar-refractivity contribution < 1.29 is 4.79 Å². The zero-order valence-electron chi connectivity index (χ0n) is 9.99. The average Bonchev–Trinajstić information content (AvgIpc) is 3.02. The van der Waals surface area contributed by atoms with Crippen molar-refractivity contribution in [1.29, 1.82) is 0 Å². The van der Waals surface area contributed by atoms with E-state index >= 15 is 0 Å². The summed E-state index contributed by atoms with van der Waals surface area (Å²) < 4.78 is 0. The summed E-state index contributed by atoms with van der Waals surface area (Å²) in [4.78, 5) is 13.8. The Bertz CT molecular complexity index is 256. The number of allylic oxidation sites excluding steroid dienone is 1. The van der Waals surface area contributed by atoms with Crippen LogP contribution in [0.4, 0.5) is 0 Å². The van der Waals surface area contributed by atoms with Gasteiger partial charge >= 0.3 is 0 Å². The smallest absolute Gasteiger partial charge is 0.249 e. The zero-order chi connectivity index (χ0) is 11.4. The van der Waals surface area contributed by atoms with Gasteiger partial charge in [-0.3, -0.25) is 4.79 Å². The lowest BCUT2D eigenvalue weighted by Crippen LogP contribution is -2.43. The lowest BCUT2D eigenvalue weighted by Gasteiger charge is -2.27. The highest BCUT2D eigenvalue weighted by Gasteiger charge is 2.34. The number of nitrogens with two attached hydrogens (primary N) is 1. The molecule has 1 saturated carbocycles. The van der Waals surface area contributed by atoms with Gasteiger partial charge in [0.1, 0.15) is 0 Å². The fraction of sp³-hybridized carbons (Fsp3) is 0.750. The Balaban J connectivity index is 2.61. The predicted molar refractivity (Wildman–Crippen MR) is 62.4 cm³/mol. The molecule has 1 atom stereocenters. The number of carbonyl (C=O) groups is 1. The van der Waals surface area contributed by atoms with E-state index in [0.717, 1.165) is 12.0 Å². The highest BCUT2D eigenvalue weighted by atomic mass is 16.2. The van der Waals surface area contributed by atoms with Crippen molar-refractivity contribution >= 4 is 5.91 Å². The fourth-order valence-corrected chi connectivity index (χ4v) is 1.97. The maximum atomic E-state index is 12.0. The van der Waals surface area contributed by atoms with Crippen LogP contribution in [0.25, 0.3) is 0 Å². The van der Waals surface area contributed by atoms with Gasteiger partial charge in [-0.05, 0) is 32.1 Å². The van der Waals surface area contributed by atoms with Crippen molar-refractivity contribution in [3.05, 3.63) is 11.6 Å². The second-order valence-corrected chi connectivity index (χ2v) is 4.35. The first kappa shape index (κ1) is 12.2. The van der Waals surface area contributed by atoms with Crippen LogP contribution < -0.4 is 5.73 Å². The van der Waals surface area contributed by atoms with Crippen molar-refractivity contribution in [3.63, 3.8) is 0 Å². The lowest BCUT2D eigenvalue weighted by atomic mass is 10.1. The van der Waals surface area contributed by atoms with Gasteiger partial charge in [-0.2, -0.15) is 0 Å². The van der Waals surface area contributed by atoms with Crippen LogP contribution in [-0.2, 0) is 4.79 Å². The summed E-state index contributed by atoms with van der Waals surface area (Å²) in [7, 11) is 1.87. The van der Waals surface area contributed by atoms with Crippen molar-refractivity contribution in [3.8, 4) is 0 Å². The molecule has 0 aromatic carbocycles. The van der Waals surface area contributed by atoms with Crippen molar-refractivity contribution in [2.24, 2.45) is 11.7 Å². The normalized spacial score (nSPS) is 18.8. The van der Waals surface area contributed by atoms with Gasteiger partial charge in [0.2, 0.25) is 5.91 Å². The zero-order valence-corrected chi connectivity index (χ0v) is 9.99. The number of hydrogen-bond donors (Lipinski definition) is 1. The Morgan fingerprint density at radius 1 is 1.60 bits per heavy atom. The Hall–Kier alpha value is -0.830. The second kappa shape index (κ2) is 5.31. The van der Waals surface area contributed by atoms with E-state index < -0.39 is 0 Å². The molecule has 3 nitrogen and oxygen atoms in total. The van der Waals surface area contributed by atoms with Crippen LogP contribution in [0.3, 0.4) is 0 Å². The molecule has 0 bridgehead atoms. The van der Waals surface area contributed by atoms with Gasteiger partial charge in [0.15, 0.2) is 0 Å². The summed E-state index contributed by atoms with van der Waals surface area (Å²) in [6.45, 7) is 4.49. The van der Waals surface area contributed by atoms with E-state index in [4.69, 9.17) is 5.73 Å². The number of amides is 1. The Kier molecular flexibility index (Phi) is 4.33. The molecule has 0 aliphatic heterocycles. The van der Waals surface area contributed by atoms with E-state index in [9.17, 15) is 4.79 Å². The quantitative estimate of drug-likeness (QED) is 0.700. The second-order valence-electron chi connectivity index (χ2n) is 4.35. The number of nitrogens with zero attached hydrogens (tertiary/aromatic N) is 1. The molecular weight excluding hydrogens is 188 g/mol. The molecule has 0 heterocycles. The van der Waals surface area contributed by atoms with E-state index in [1.54, 1.807) is 0 Å². The van der Waals surface area contributed by atoms with Crippen LogP contribution >= 0.6 is 0 Å². The molecule has 0 spiro atoms. The largest absolute Gasteiger partial charge is 0.337 e. The van der Waals surface area contributed by atoms with Crippen molar-refractivity contribution in [1.82, 2.24) is 4.90 Å². The van der Waals surface area contributed by atoms with Crippen molar-refractivity contribution in [2.45, 2.75) is 39.2 Å². The third-order valence-electron chi connectivity index (χ3n) is 3.07. The molecule has 1 rings (SSSR count). The molecular formula is C12H22N2O. The van der Waals surface area contributed by atoms with Gasteiger partial charge in [-0.25, -0.2) is 0 Å². The maximum absolute atomic E-state index is 12.0. The van der Waals surface area contributed by atoms with Gasteiger partial charge in [0.25, 0.3) is 0 Å². The first-order valence-corrected chi connectivity index (χ1v) is 5.75. The monoisotopic (exact) mass is 210 g/mol. The molecule has 1 aliphatic rings. The van der Waals surface area contributed by atoms with E-state index in [1.807, 2.05) is 31.9 Å². The van der Waals surface area contributed by atoms with Crippen LogP contribution in [0.2, 0.25) is 0 Å². The highest BCUT2D eigenvalue weighted by molar-refractivity contribution is 5.92. The van der Waals surface area contributed by atoms with Crippen molar-refractivity contribution in [2.75, 3.05) is 13.6 Å². The summed E-state index contributed by atoms with van der Waals surface area (Å²) in [5.41, 5.74) is 6.55. The molecule has 1 unspecified atom stereocenters. The number of rotatable bonds is 5. The number of hydrogen-bond acceptors (Lipinski definition) is 2. The third-order valence-corrected chi connectivity index (χ3v) is 3.07. The molecule has 0 aromatic heterocycles. The van der Waals surface area contributed by atoms with Crippen LogP contribution in [-0.4, -0.2) is 30.4 Å². The molecule has 15 heavy (non-hydrogen) atoms. The van der Waals surface area contributed by atoms with Gasteiger partial charge < -0.3 is 10.6 Å². The number of carbonyl (C=O) groups excluding carboxylic acids is 1. The molecule has 1 amide bonds. The Morgan fingerprint density at radius 3 is 2.60 bits per heavy atom. The summed E-state index contributed by atoms with van der Waals surface area (Å²) in [5, 5.41) is 0. The fourth-order valence-electron chi connectivity index (χ4n) is 1.97. The summed E-state index contributed by atoms with van der Waals surface area (Å²) in [6, 6.07) is 0.234. The molecule has 0 saturated heterocycles. The molecule has 86 valence electrons. The van der Waals surface area contributed by atoms with Gasteiger partial charge in [-0.1, -0.05) is 13.0 Å². The minimum atomic E-state index is 0.124. The van der Waals surface area contributed by atoms with E-state index in [2.05, 4.69) is 0 Å². The molecule has 0 radical (unpaired) electrons. The molecule has 0 aromatic rings. The standard InChI is InChI=1S/C12H22N2O/c1-4-5-9(2)12(15)14(3)11(8-13)10-6-7-10/h5,10-11H,4,6-8,13H2,1-3H3/b9-5-. The maximum Gasteiger partial charge on any atom is 0.249 e. The lowest BCUT2D eigenvalue weighted by molar-refractivity contribution is -0.128. The topological polar surface area (TPSA) is 46.3 Å². The Labute approximate surface area is 92.3 Å². The molecule has 1 fully saturated rings. The van der Waals surface area contributed by atoms with Gasteiger partial charge in [0.05, 0.1) is 0 Å². The average molecular weight is 210 g/mol. The van der Waals surface area contributed by atoms with Crippen LogP contribution in [0.15, 0.2) is 11.6 Å². The molecule has 3 heteroatoms. The summed E-state index contributed by atoms with van der Waals surface area (Å²) >= 11 is 0. The predicted octanol–water partition coefficient (Wildman–Crippen LogP) is 1.54. The minimum Gasteiger partial charge on any atom is -0.337 e. The van der Waals surface area contributed by atoms with Crippen LogP contribution in [0.5, 0.6) is 0 Å². The number of likely N-dealkylation sites (N-methyl/N-ethyl adjacent to an activating group) is 1. The minimum absolute atomic E-state index is 0.124. The van der Waals surface area contributed by atoms with E-state index in [1.165, 1.54) is 12.8 Å². The van der Waals surface area contributed by atoms with Crippen LogP contribution in [0, 0.1) is 5.92 Å². The summed E-state index contributed by atoms with van der Waals surface area (Å²) in [5.74, 6) is 0.762. The first-order valence-electron chi connectivity index (χ1n) is 5.75. The van der Waals surface area contributed by atoms with E-state index in [-0.39, 0.29) is 11.9 Å². The third kappa shape index (κ3) is 3.06. The van der Waals surface area contributed by atoms with Gasteiger partial charge in [-0.15, -0.1) is 0 Å². The SMILES string of the molecule is CC/C=C(/C)C(=O)N(C)C(CN)C1CC1. The first-order chi connectivity index (χ1) is 7.11.